The molecule has 0 spiro atoms. The van der Waals surface area contributed by atoms with Crippen LogP contribution in [-0.4, -0.2) is 28.9 Å². The van der Waals surface area contributed by atoms with Crippen LogP contribution in [0.15, 0.2) is 78.9 Å². The Morgan fingerprint density at radius 2 is 1.72 bits per heavy atom. The quantitative estimate of drug-likeness (QED) is 0.347. The third kappa shape index (κ3) is 5.16. The van der Waals surface area contributed by atoms with E-state index in [4.69, 9.17) is 16.6 Å². The Balaban J connectivity index is 1.54. The van der Waals surface area contributed by atoms with Crippen molar-refractivity contribution >= 4 is 34.1 Å². The second kappa shape index (κ2) is 9.94. The summed E-state index contributed by atoms with van der Waals surface area (Å²) in [6.45, 7) is 7.39. The van der Waals surface area contributed by atoms with Gasteiger partial charge in [0.25, 0.3) is 5.91 Å². The number of benzene rings is 3. The van der Waals surface area contributed by atoms with Gasteiger partial charge in [-0.3, -0.25) is 9.69 Å². The number of pyridine rings is 1. The van der Waals surface area contributed by atoms with Crippen LogP contribution in [0.1, 0.15) is 29.8 Å². The van der Waals surface area contributed by atoms with E-state index in [2.05, 4.69) is 48.3 Å². The number of hydrogen-bond donors (Lipinski definition) is 1. The number of rotatable bonds is 7. The fourth-order valence-corrected chi connectivity index (χ4v) is 3.83. The lowest BCUT2D eigenvalue weighted by molar-refractivity contribution is 0.102. The summed E-state index contributed by atoms with van der Waals surface area (Å²) in [6.07, 6.45) is 0. The Hall–Kier alpha value is -3.21. The minimum atomic E-state index is -0.175. The summed E-state index contributed by atoms with van der Waals surface area (Å²) >= 11 is 5.91. The SMILES string of the molecule is CCN(CC)Cc1ccc2nc(-c3cccc(NC(=O)c4ccc(Cl)cc4)c3)ccc2c1. The summed E-state index contributed by atoms with van der Waals surface area (Å²) in [5.74, 6) is -0.175. The number of carbonyl (C=O) groups excluding carboxylic acids is 1. The van der Waals surface area contributed by atoms with Gasteiger partial charge >= 0.3 is 0 Å². The molecule has 3 aromatic carbocycles. The van der Waals surface area contributed by atoms with E-state index in [9.17, 15) is 4.79 Å². The molecule has 0 aliphatic heterocycles. The lowest BCUT2D eigenvalue weighted by Crippen LogP contribution is -2.21. The van der Waals surface area contributed by atoms with E-state index in [1.807, 2.05) is 30.3 Å². The molecule has 1 aromatic heterocycles. The average molecular weight is 444 g/mol. The highest BCUT2D eigenvalue weighted by Gasteiger charge is 2.09. The molecule has 0 aliphatic rings. The van der Waals surface area contributed by atoms with Crippen molar-refractivity contribution in [1.29, 1.82) is 0 Å². The zero-order valence-electron chi connectivity index (χ0n) is 18.3. The van der Waals surface area contributed by atoms with Gasteiger partial charge in [-0.1, -0.05) is 49.7 Å². The molecule has 0 saturated carbocycles. The maximum Gasteiger partial charge on any atom is 0.255 e. The molecule has 0 radical (unpaired) electrons. The summed E-state index contributed by atoms with van der Waals surface area (Å²) in [7, 11) is 0. The molecular weight excluding hydrogens is 418 g/mol. The molecule has 0 aliphatic carbocycles. The van der Waals surface area contributed by atoms with E-state index in [-0.39, 0.29) is 5.91 Å². The Morgan fingerprint density at radius 1 is 0.938 bits per heavy atom. The number of aromatic nitrogens is 1. The normalized spacial score (nSPS) is 11.1. The predicted molar refractivity (Wildman–Crippen MR) is 133 cm³/mol. The van der Waals surface area contributed by atoms with Crippen molar-refractivity contribution in [2.45, 2.75) is 20.4 Å². The van der Waals surface area contributed by atoms with E-state index in [0.29, 0.717) is 10.6 Å². The molecule has 1 heterocycles. The number of hydrogen-bond acceptors (Lipinski definition) is 3. The lowest BCUT2D eigenvalue weighted by atomic mass is 10.1. The predicted octanol–water partition coefficient (Wildman–Crippen LogP) is 6.65. The van der Waals surface area contributed by atoms with E-state index in [1.54, 1.807) is 24.3 Å². The standard InChI is InChI=1S/C27H26ClN3O/c1-3-31(4-2)18-19-8-14-25-22(16-19)11-15-26(30-25)21-6-5-7-24(17-21)29-27(32)20-9-12-23(28)13-10-20/h5-17H,3-4,18H2,1-2H3,(H,29,32). The monoisotopic (exact) mass is 443 g/mol. The molecule has 32 heavy (non-hydrogen) atoms. The van der Waals surface area contributed by atoms with Crippen molar-refractivity contribution in [2.24, 2.45) is 0 Å². The smallest absolute Gasteiger partial charge is 0.255 e. The second-order valence-corrected chi connectivity index (χ2v) is 8.16. The summed E-state index contributed by atoms with van der Waals surface area (Å²) in [5, 5.41) is 4.68. The third-order valence-electron chi connectivity index (χ3n) is 5.58. The summed E-state index contributed by atoms with van der Waals surface area (Å²) in [4.78, 5) is 19.8. The van der Waals surface area contributed by atoms with Crippen LogP contribution >= 0.6 is 11.6 Å². The molecule has 5 heteroatoms. The Morgan fingerprint density at radius 3 is 2.47 bits per heavy atom. The van der Waals surface area contributed by atoms with Crippen molar-refractivity contribution in [1.82, 2.24) is 9.88 Å². The van der Waals surface area contributed by atoms with Crippen LogP contribution in [0.2, 0.25) is 5.02 Å². The van der Waals surface area contributed by atoms with Crippen molar-refractivity contribution in [3.63, 3.8) is 0 Å². The minimum Gasteiger partial charge on any atom is -0.322 e. The zero-order valence-corrected chi connectivity index (χ0v) is 19.1. The molecule has 4 nitrogen and oxygen atoms in total. The maximum absolute atomic E-state index is 12.5. The average Bonchev–Trinajstić information content (AvgIpc) is 2.82. The summed E-state index contributed by atoms with van der Waals surface area (Å²) < 4.78 is 0. The fraction of sp³-hybridized carbons (Fsp3) is 0.185. The van der Waals surface area contributed by atoms with Crippen molar-refractivity contribution < 1.29 is 4.79 Å². The van der Waals surface area contributed by atoms with Gasteiger partial charge in [0.2, 0.25) is 0 Å². The third-order valence-corrected chi connectivity index (χ3v) is 5.83. The first-order valence-electron chi connectivity index (χ1n) is 10.8. The number of halogens is 1. The van der Waals surface area contributed by atoms with Gasteiger partial charge in [-0.15, -0.1) is 0 Å². The van der Waals surface area contributed by atoms with Gasteiger partial charge in [-0.05, 0) is 73.3 Å². The van der Waals surface area contributed by atoms with Gasteiger partial charge < -0.3 is 5.32 Å². The van der Waals surface area contributed by atoms with E-state index in [0.717, 1.165) is 47.5 Å². The zero-order chi connectivity index (χ0) is 22.5. The van der Waals surface area contributed by atoms with Crippen LogP contribution in [0, 0.1) is 0 Å². The first-order valence-corrected chi connectivity index (χ1v) is 11.2. The molecule has 0 saturated heterocycles. The number of carbonyl (C=O) groups is 1. The van der Waals surface area contributed by atoms with Gasteiger partial charge in [0.05, 0.1) is 11.2 Å². The highest BCUT2D eigenvalue weighted by molar-refractivity contribution is 6.30. The van der Waals surface area contributed by atoms with Gasteiger partial charge in [0.1, 0.15) is 0 Å². The topological polar surface area (TPSA) is 45.2 Å². The lowest BCUT2D eigenvalue weighted by Gasteiger charge is -2.18. The molecule has 0 bridgehead atoms. The number of amides is 1. The van der Waals surface area contributed by atoms with Crippen LogP contribution in [0.3, 0.4) is 0 Å². The summed E-state index contributed by atoms with van der Waals surface area (Å²) in [5.41, 5.74) is 5.36. The molecule has 0 unspecified atom stereocenters. The molecular formula is C27H26ClN3O. The Bertz CT molecular complexity index is 1230. The minimum absolute atomic E-state index is 0.175. The van der Waals surface area contributed by atoms with Crippen molar-refractivity contribution in [2.75, 3.05) is 18.4 Å². The van der Waals surface area contributed by atoms with Gasteiger partial charge in [0, 0.05) is 33.8 Å². The number of nitrogens with zero attached hydrogens (tertiary/aromatic N) is 2. The molecule has 4 aromatic rings. The number of anilines is 1. The highest BCUT2D eigenvalue weighted by Crippen LogP contribution is 2.25. The molecule has 0 fully saturated rings. The molecule has 1 N–H and O–H groups in total. The highest BCUT2D eigenvalue weighted by atomic mass is 35.5. The van der Waals surface area contributed by atoms with Crippen molar-refractivity contribution in [3.8, 4) is 11.3 Å². The Kier molecular flexibility index (Phi) is 6.84. The first kappa shape index (κ1) is 22.0. The van der Waals surface area contributed by atoms with Crippen LogP contribution in [-0.2, 0) is 6.54 Å². The van der Waals surface area contributed by atoms with Crippen LogP contribution in [0.25, 0.3) is 22.2 Å². The van der Waals surface area contributed by atoms with Crippen molar-refractivity contribution in [3.05, 3.63) is 95.0 Å². The maximum atomic E-state index is 12.5. The van der Waals surface area contributed by atoms with E-state index >= 15 is 0 Å². The largest absolute Gasteiger partial charge is 0.322 e. The van der Waals surface area contributed by atoms with Crippen LogP contribution < -0.4 is 5.32 Å². The van der Waals surface area contributed by atoms with E-state index in [1.165, 1.54) is 5.56 Å². The van der Waals surface area contributed by atoms with E-state index < -0.39 is 0 Å². The van der Waals surface area contributed by atoms with Gasteiger partial charge in [-0.2, -0.15) is 0 Å². The van der Waals surface area contributed by atoms with Gasteiger partial charge in [-0.25, -0.2) is 4.98 Å². The number of nitrogens with one attached hydrogen (secondary N) is 1. The fourth-order valence-electron chi connectivity index (χ4n) is 3.70. The molecule has 1 amide bonds. The van der Waals surface area contributed by atoms with Crippen LogP contribution in [0.5, 0.6) is 0 Å². The van der Waals surface area contributed by atoms with Gasteiger partial charge in [0.15, 0.2) is 0 Å². The Labute approximate surface area is 193 Å². The summed E-state index contributed by atoms with van der Waals surface area (Å²) in [6, 6.07) is 25.2. The molecule has 0 atom stereocenters. The molecule has 162 valence electrons. The molecule has 4 rings (SSSR count). The second-order valence-electron chi connectivity index (χ2n) is 7.73. The number of fused-ring (bicyclic) bond motifs is 1. The van der Waals surface area contributed by atoms with Crippen LogP contribution in [0.4, 0.5) is 5.69 Å². The first-order chi connectivity index (χ1) is 15.6.